The van der Waals surface area contributed by atoms with Crippen LogP contribution in [0.15, 0.2) is 12.1 Å². The quantitative estimate of drug-likeness (QED) is 0.620. The number of hydrogen-bond donors (Lipinski definition) is 1. The topological polar surface area (TPSA) is 35.2 Å². The minimum atomic E-state index is -5.20. The van der Waals surface area contributed by atoms with Crippen LogP contribution in [0.3, 0.4) is 0 Å². The molecule has 0 heterocycles. The summed E-state index contributed by atoms with van der Waals surface area (Å²) in [4.78, 5) is 0. The number of methoxy groups -OCH3 is 1. The van der Waals surface area contributed by atoms with Gasteiger partial charge in [-0.15, -0.1) is 0 Å². The van der Waals surface area contributed by atoms with E-state index in [1.165, 1.54) is 0 Å². The molecule has 0 amide bonds. The first-order chi connectivity index (χ1) is 7.59. The molecule has 0 saturated carbocycles. The number of anilines is 1. The molecule has 0 aliphatic rings. The Balaban J connectivity index is 3.67. The maximum absolute atomic E-state index is 12.6. The predicted molar refractivity (Wildman–Crippen MR) is 47.4 cm³/mol. The Morgan fingerprint density at radius 1 is 0.941 bits per heavy atom. The van der Waals surface area contributed by atoms with Gasteiger partial charge in [0.25, 0.3) is 0 Å². The van der Waals surface area contributed by atoms with Gasteiger partial charge in [0.05, 0.1) is 12.7 Å². The Morgan fingerprint density at radius 3 is 1.76 bits per heavy atom. The zero-order chi connectivity index (χ0) is 13.4. The van der Waals surface area contributed by atoms with Crippen LogP contribution in [0.5, 0.6) is 5.75 Å². The van der Waals surface area contributed by atoms with Crippen molar-refractivity contribution in [1.82, 2.24) is 0 Å². The zero-order valence-electron chi connectivity index (χ0n) is 8.41. The molecule has 1 aromatic rings. The highest BCUT2D eigenvalue weighted by molar-refractivity contribution is 5.59. The normalized spacial score (nSPS) is 12.6. The molecular formula is C9H7F6NO. The Kier molecular flexibility index (Phi) is 3.17. The summed E-state index contributed by atoms with van der Waals surface area (Å²) in [5, 5.41) is 0. The molecule has 2 nitrogen and oxygen atoms in total. The van der Waals surface area contributed by atoms with Crippen molar-refractivity contribution in [2.75, 3.05) is 12.8 Å². The van der Waals surface area contributed by atoms with E-state index in [0.29, 0.717) is 0 Å². The lowest BCUT2D eigenvalue weighted by atomic mass is 10.0. The maximum Gasteiger partial charge on any atom is 0.420 e. The summed E-state index contributed by atoms with van der Waals surface area (Å²) in [6.07, 6.45) is -10.4. The Morgan fingerprint density at radius 2 is 1.41 bits per heavy atom. The highest BCUT2D eigenvalue weighted by Crippen LogP contribution is 2.47. The summed E-state index contributed by atoms with van der Waals surface area (Å²) in [7, 11) is 0.848. The van der Waals surface area contributed by atoms with Crippen LogP contribution in [0.1, 0.15) is 11.1 Å². The van der Waals surface area contributed by atoms with E-state index in [0.717, 1.165) is 19.2 Å². The molecule has 17 heavy (non-hydrogen) atoms. The molecule has 1 aromatic carbocycles. The van der Waals surface area contributed by atoms with E-state index in [2.05, 4.69) is 4.74 Å². The van der Waals surface area contributed by atoms with Crippen molar-refractivity contribution in [1.29, 1.82) is 0 Å². The van der Waals surface area contributed by atoms with E-state index in [4.69, 9.17) is 5.73 Å². The molecule has 0 fully saturated rings. The first-order valence-electron chi connectivity index (χ1n) is 4.20. The Bertz CT molecular complexity index is 423. The Labute approximate surface area is 92.0 Å². The third-order valence-corrected chi connectivity index (χ3v) is 1.99. The van der Waals surface area contributed by atoms with Crippen LogP contribution in [-0.4, -0.2) is 7.11 Å². The van der Waals surface area contributed by atoms with Gasteiger partial charge in [-0.25, -0.2) is 0 Å². The SMILES string of the molecule is COc1ccc(N)c(C(F)(F)F)c1C(F)(F)F. The Hall–Kier alpha value is -1.60. The molecule has 0 bridgehead atoms. The van der Waals surface area contributed by atoms with Crippen LogP contribution in [0.4, 0.5) is 32.0 Å². The number of alkyl halides is 6. The van der Waals surface area contributed by atoms with Gasteiger partial charge in [-0.05, 0) is 12.1 Å². The summed E-state index contributed by atoms with van der Waals surface area (Å²) in [5.41, 5.74) is 0.121. The van der Waals surface area contributed by atoms with E-state index < -0.39 is 34.9 Å². The molecule has 0 atom stereocenters. The van der Waals surface area contributed by atoms with Crippen LogP contribution in [0, 0.1) is 0 Å². The van der Waals surface area contributed by atoms with Crippen molar-refractivity contribution in [3.8, 4) is 5.75 Å². The van der Waals surface area contributed by atoms with Crippen LogP contribution >= 0.6 is 0 Å². The van der Waals surface area contributed by atoms with Crippen molar-refractivity contribution in [3.05, 3.63) is 23.3 Å². The summed E-state index contributed by atoms with van der Waals surface area (Å²) >= 11 is 0. The maximum atomic E-state index is 12.6. The second-order valence-electron chi connectivity index (χ2n) is 3.10. The van der Waals surface area contributed by atoms with Crippen molar-refractivity contribution >= 4 is 5.69 Å². The van der Waals surface area contributed by atoms with Crippen LogP contribution < -0.4 is 10.5 Å². The summed E-state index contributed by atoms with van der Waals surface area (Å²) in [6, 6.07) is 1.46. The van der Waals surface area contributed by atoms with E-state index in [1.54, 1.807) is 0 Å². The number of nitrogens with two attached hydrogens (primary N) is 1. The molecule has 0 saturated heterocycles. The van der Waals surface area contributed by atoms with Crippen LogP contribution in [0.25, 0.3) is 0 Å². The fourth-order valence-electron chi connectivity index (χ4n) is 1.36. The lowest BCUT2D eigenvalue weighted by Crippen LogP contribution is -2.19. The van der Waals surface area contributed by atoms with Gasteiger partial charge in [0.1, 0.15) is 11.3 Å². The standard InChI is InChI=1S/C9H7F6NO/c1-17-5-3-2-4(16)6(8(10,11)12)7(5)9(13,14)15/h2-3H,16H2,1H3. The minimum absolute atomic E-state index is 0.719. The van der Waals surface area contributed by atoms with Gasteiger partial charge in [0.2, 0.25) is 0 Å². The second kappa shape index (κ2) is 4.01. The number of nitrogen functional groups attached to an aromatic ring is 1. The van der Waals surface area contributed by atoms with Gasteiger partial charge in [0.15, 0.2) is 0 Å². The second-order valence-corrected chi connectivity index (χ2v) is 3.10. The number of hydrogen-bond acceptors (Lipinski definition) is 2. The van der Waals surface area contributed by atoms with E-state index >= 15 is 0 Å². The lowest BCUT2D eigenvalue weighted by Gasteiger charge is -2.19. The molecule has 0 radical (unpaired) electrons. The molecular weight excluding hydrogens is 252 g/mol. The average molecular weight is 259 g/mol. The number of halogens is 6. The molecule has 0 spiro atoms. The fourth-order valence-corrected chi connectivity index (χ4v) is 1.36. The van der Waals surface area contributed by atoms with E-state index in [9.17, 15) is 26.3 Å². The molecule has 8 heteroatoms. The highest BCUT2D eigenvalue weighted by atomic mass is 19.4. The van der Waals surface area contributed by atoms with Crippen molar-refractivity contribution in [2.24, 2.45) is 0 Å². The molecule has 0 aliphatic carbocycles. The zero-order valence-corrected chi connectivity index (χ0v) is 8.41. The van der Waals surface area contributed by atoms with Crippen molar-refractivity contribution < 1.29 is 31.1 Å². The lowest BCUT2D eigenvalue weighted by molar-refractivity contribution is -0.162. The monoisotopic (exact) mass is 259 g/mol. The molecule has 0 unspecified atom stereocenters. The predicted octanol–water partition coefficient (Wildman–Crippen LogP) is 3.32. The van der Waals surface area contributed by atoms with E-state index in [-0.39, 0.29) is 0 Å². The third-order valence-electron chi connectivity index (χ3n) is 1.99. The summed E-state index contributed by atoms with van der Waals surface area (Å²) in [6.45, 7) is 0. The van der Waals surface area contributed by atoms with Gasteiger partial charge in [-0.1, -0.05) is 0 Å². The highest BCUT2D eigenvalue weighted by Gasteiger charge is 2.47. The number of rotatable bonds is 1. The fraction of sp³-hybridized carbons (Fsp3) is 0.333. The minimum Gasteiger partial charge on any atom is -0.496 e. The number of ether oxygens (including phenoxy) is 1. The van der Waals surface area contributed by atoms with Crippen molar-refractivity contribution in [2.45, 2.75) is 12.4 Å². The molecule has 0 aromatic heterocycles. The molecule has 2 N–H and O–H groups in total. The molecule has 96 valence electrons. The van der Waals surface area contributed by atoms with Gasteiger partial charge in [-0.3, -0.25) is 0 Å². The largest absolute Gasteiger partial charge is 0.496 e. The smallest absolute Gasteiger partial charge is 0.420 e. The van der Waals surface area contributed by atoms with Crippen molar-refractivity contribution in [3.63, 3.8) is 0 Å². The molecule has 1 rings (SSSR count). The average Bonchev–Trinajstić information content (AvgIpc) is 2.13. The molecule has 0 aliphatic heterocycles. The summed E-state index contributed by atoms with van der Waals surface area (Å²) in [5.74, 6) is -0.918. The van der Waals surface area contributed by atoms with Gasteiger partial charge >= 0.3 is 12.4 Å². The first-order valence-corrected chi connectivity index (χ1v) is 4.20. The number of benzene rings is 1. The summed E-state index contributed by atoms with van der Waals surface area (Å²) < 4.78 is 79.6. The third kappa shape index (κ3) is 2.56. The first kappa shape index (κ1) is 13.5. The van der Waals surface area contributed by atoms with Gasteiger partial charge < -0.3 is 10.5 Å². The van der Waals surface area contributed by atoms with Crippen LogP contribution in [0.2, 0.25) is 0 Å². The van der Waals surface area contributed by atoms with E-state index in [1.807, 2.05) is 0 Å². The van der Waals surface area contributed by atoms with Gasteiger partial charge in [-0.2, -0.15) is 26.3 Å². The van der Waals surface area contributed by atoms with Crippen LogP contribution in [-0.2, 0) is 12.4 Å². The van der Waals surface area contributed by atoms with Gasteiger partial charge in [0, 0.05) is 5.69 Å².